The first-order valence-corrected chi connectivity index (χ1v) is 7.83. The molecule has 0 amide bonds. The molecule has 0 saturated heterocycles. The predicted octanol–water partition coefficient (Wildman–Crippen LogP) is 3.62. The van der Waals surface area contributed by atoms with Gasteiger partial charge in [-0.25, -0.2) is 0 Å². The summed E-state index contributed by atoms with van der Waals surface area (Å²) in [6.45, 7) is 21.0. The molecular weight excluding hydrogens is 220 g/mol. The fourth-order valence-electron chi connectivity index (χ4n) is 2.38. The average molecular weight is 256 g/mol. The van der Waals surface area contributed by atoms with E-state index in [1.165, 1.54) is 19.5 Å². The summed E-state index contributed by atoms with van der Waals surface area (Å²) in [7, 11) is 0. The number of hydrogen-bond acceptors (Lipinski definition) is 2. The fraction of sp³-hybridized carbons (Fsp3) is 1.00. The normalized spacial score (nSPS) is 15.7. The second kappa shape index (κ2) is 9.80. The highest BCUT2D eigenvalue weighted by molar-refractivity contribution is 4.76. The van der Waals surface area contributed by atoms with E-state index in [1.54, 1.807) is 0 Å². The topological polar surface area (TPSA) is 15.3 Å². The van der Waals surface area contributed by atoms with Crippen molar-refractivity contribution in [1.82, 2.24) is 10.2 Å². The number of hydrogen-bond donors (Lipinski definition) is 1. The molecule has 0 fully saturated rings. The molecule has 0 aliphatic rings. The van der Waals surface area contributed by atoms with Crippen molar-refractivity contribution in [3.63, 3.8) is 0 Å². The molecule has 0 saturated carbocycles. The molecule has 18 heavy (non-hydrogen) atoms. The summed E-state index contributed by atoms with van der Waals surface area (Å²) in [6.07, 6.45) is 1.23. The van der Waals surface area contributed by atoms with Crippen LogP contribution >= 0.6 is 0 Å². The molecule has 110 valence electrons. The minimum atomic E-state index is 0.666. The van der Waals surface area contributed by atoms with Crippen molar-refractivity contribution in [2.24, 2.45) is 17.8 Å². The van der Waals surface area contributed by atoms with Crippen molar-refractivity contribution in [1.29, 1.82) is 0 Å². The van der Waals surface area contributed by atoms with Gasteiger partial charge in [0.05, 0.1) is 0 Å². The molecule has 2 unspecified atom stereocenters. The zero-order valence-electron chi connectivity index (χ0n) is 13.8. The van der Waals surface area contributed by atoms with Gasteiger partial charge in [-0.2, -0.15) is 0 Å². The number of nitrogens with zero attached hydrogens (tertiary/aromatic N) is 1. The van der Waals surface area contributed by atoms with Gasteiger partial charge in [0.2, 0.25) is 0 Å². The maximum absolute atomic E-state index is 3.55. The van der Waals surface area contributed by atoms with Gasteiger partial charge < -0.3 is 5.32 Å². The van der Waals surface area contributed by atoms with Crippen molar-refractivity contribution in [2.75, 3.05) is 26.2 Å². The zero-order valence-corrected chi connectivity index (χ0v) is 13.8. The molecule has 0 rings (SSSR count). The molecule has 0 aliphatic heterocycles. The number of rotatable bonds is 10. The van der Waals surface area contributed by atoms with E-state index in [0.29, 0.717) is 12.0 Å². The van der Waals surface area contributed by atoms with E-state index < -0.39 is 0 Å². The first-order valence-electron chi connectivity index (χ1n) is 7.83. The van der Waals surface area contributed by atoms with Gasteiger partial charge in [-0.3, -0.25) is 4.90 Å². The Labute approximate surface area is 116 Å². The Balaban J connectivity index is 4.28. The van der Waals surface area contributed by atoms with Crippen LogP contribution in [0.2, 0.25) is 0 Å². The Bertz CT molecular complexity index is 180. The van der Waals surface area contributed by atoms with Crippen LogP contribution in [0.4, 0.5) is 0 Å². The van der Waals surface area contributed by atoms with Gasteiger partial charge in [0.15, 0.2) is 0 Å². The van der Waals surface area contributed by atoms with E-state index in [0.717, 1.165) is 24.9 Å². The molecule has 2 nitrogen and oxygen atoms in total. The Hall–Kier alpha value is -0.0800. The molecule has 1 N–H and O–H groups in total. The lowest BCUT2D eigenvalue weighted by atomic mass is 9.99. The highest BCUT2D eigenvalue weighted by Crippen LogP contribution is 2.14. The van der Waals surface area contributed by atoms with Gasteiger partial charge in [-0.1, -0.05) is 41.5 Å². The molecule has 0 spiro atoms. The van der Waals surface area contributed by atoms with E-state index in [4.69, 9.17) is 0 Å². The summed E-state index contributed by atoms with van der Waals surface area (Å²) < 4.78 is 0. The Morgan fingerprint density at radius 3 is 1.78 bits per heavy atom. The van der Waals surface area contributed by atoms with Crippen LogP contribution in [0, 0.1) is 17.8 Å². The van der Waals surface area contributed by atoms with Crippen LogP contribution in [0.15, 0.2) is 0 Å². The van der Waals surface area contributed by atoms with E-state index in [9.17, 15) is 0 Å². The van der Waals surface area contributed by atoms with Crippen molar-refractivity contribution < 1.29 is 0 Å². The van der Waals surface area contributed by atoms with Crippen LogP contribution in [0.25, 0.3) is 0 Å². The molecule has 0 radical (unpaired) electrons. The summed E-state index contributed by atoms with van der Waals surface area (Å²) in [5, 5.41) is 3.55. The first-order chi connectivity index (χ1) is 8.38. The maximum atomic E-state index is 3.55. The van der Waals surface area contributed by atoms with E-state index in [1.807, 2.05) is 0 Å². The summed E-state index contributed by atoms with van der Waals surface area (Å²) >= 11 is 0. The molecule has 0 bridgehead atoms. The third-order valence-corrected chi connectivity index (χ3v) is 3.49. The highest BCUT2D eigenvalue weighted by atomic mass is 15.2. The minimum absolute atomic E-state index is 0.666. The zero-order chi connectivity index (χ0) is 14.1. The second-order valence-electron chi connectivity index (χ2n) is 6.66. The lowest BCUT2D eigenvalue weighted by Gasteiger charge is -2.35. The summed E-state index contributed by atoms with van der Waals surface area (Å²) in [4.78, 5) is 2.67. The van der Waals surface area contributed by atoms with Crippen LogP contribution in [0.5, 0.6) is 0 Å². The van der Waals surface area contributed by atoms with E-state index in [-0.39, 0.29) is 0 Å². The van der Waals surface area contributed by atoms with Gasteiger partial charge in [-0.15, -0.1) is 0 Å². The van der Waals surface area contributed by atoms with Gasteiger partial charge in [0.25, 0.3) is 0 Å². The average Bonchev–Trinajstić information content (AvgIpc) is 2.26. The van der Waals surface area contributed by atoms with Crippen LogP contribution in [0.1, 0.15) is 54.9 Å². The molecule has 0 heterocycles. The molecule has 2 heteroatoms. The van der Waals surface area contributed by atoms with E-state index in [2.05, 4.69) is 58.7 Å². The van der Waals surface area contributed by atoms with Crippen molar-refractivity contribution in [3.8, 4) is 0 Å². The summed E-state index contributed by atoms with van der Waals surface area (Å²) in [6, 6.07) is 0.666. The predicted molar refractivity (Wildman–Crippen MR) is 83.0 cm³/mol. The van der Waals surface area contributed by atoms with Crippen molar-refractivity contribution >= 4 is 0 Å². The first kappa shape index (κ1) is 17.9. The lowest BCUT2D eigenvalue weighted by Crippen LogP contribution is -2.44. The third-order valence-electron chi connectivity index (χ3n) is 3.49. The molecular formula is C16H36N2. The van der Waals surface area contributed by atoms with Crippen molar-refractivity contribution in [2.45, 2.75) is 60.9 Å². The Morgan fingerprint density at radius 2 is 1.39 bits per heavy atom. The molecule has 2 atom stereocenters. The minimum Gasteiger partial charge on any atom is -0.316 e. The Kier molecular flexibility index (Phi) is 9.76. The molecule has 0 aromatic rings. The summed E-state index contributed by atoms with van der Waals surface area (Å²) in [5.74, 6) is 2.22. The quantitative estimate of drug-likeness (QED) is 0.601. The summed E-state index contributed by atoms with van der Waals surface area (Å²) in [5.41, 5.74) is 0. The van der Waals surface area contributed by atoms with Crippen molar-refractivity contribution in [3.05, 3.63) is 0 Å². The second-order valence-corrected chi connectivity index (χ2v) is 6.66. The van der Waals surface area contributed by atoms with Crippen LogP contribution in [0.3, 0.4) is 0 Å². The highest BCUT2D eigenvalue weighted by Gasteiger charge is 2.21. The van der Waals surface area contributed by atoms with Crippen LogP contribution < -0.4 is 5.32 Å². The Morgan fingerprint density at radius 1 is 0.889 bits per heavy atom. The monoisotopic (exact) mass is 256 g/mol. The third kappa shape index (κ3) is 8.10. The maximum Gasteiger partial charge on any atom is 0.0105 e. The van der Waals surface area contributed by atoms with Gasteiger partial charge in [0, 0.05) is 19.1 Å². The number of nitrogens with one attached hydrogen (secondary N) is 1. The molecule has 0 aromatic carbocycles. The molecule has 0 aliphatic carbocycles. The van der Waals surface area contributed by atoms with Crippen LogP contribution in [-0.4, -0.2) is 37.1 Å². The molecule has 0 aromatic heterocycles. The SMILES string of the molecule is CCCNCC(C)C(C)N(CC(C)C)CC(C)C. The largest absolute Gasteiger partial charge is 0.316 e. The smallest absolute Gasteiger partial charge is 0.0105 e. The van der Waals surface area contributed by atoms with E-state index >= 15 is 0 Å². The lowest BCUT2D eigenvalue weighted by molar-refractivity contribution is 0.127. The fourth-order valence-corrected chi connectivity index (χ4v) is 2.38. The standard InChI is InChI=1S/C16H36N2/c1-8-9-17-10-15(6)16(7)18(11-13(2)3)12-14(4)5/h13-17H,8-12H2,1-7H3. The van der Waals surface area contributed by atoms with Gasteiger partial charge in [0.1, 0.15) is 0 Å². The van der Waals surface area contributed by atoms with Gasteiger partial charge >= 0.3 is 0 Å². The van der Waals surface area contributed by atoms with Crippen LogP contribution in [-0.2, 0) is 0 Å². The van der Waals surface area contributed by atoms with Gasteiger partial charge in [-0.05, 0) is 44.2 Å².